The molecule has 0 aliphatic rings. The van der Waals surface area contributed by atoms with Crippen LogP contribution in [-0.2, 0) is 0 Å². The molecule has 27 heavy (non-hydrogen) atoms. The highest BCUT2D eigenvalue weighted by molar-refractivity contribution is 6.31. The predicted octanol–water partition coefficient (Wildman–Crippen LogP) is 0.568. The molecule has 0 saturated carbocycles. The Hall–Kier alpha value is -3.47. The molecule has 0 aliphatic carbocycles. The maximum atomic E-state index is 13.2. The van der Waals surface area contributed by atoms with Crippen LogP contribution in [0.1, 0.15) is 5.69 Å². The molecule has 1 heterocycles. The summed E-state index contributed by atoms with van der Waals surface area (Å²) in [4.78, 5) is 26.3. The van der Waals surface area contributed by atoms with E-state index in [4.69, 9.17) is 27.8 Å². The molecule has 0 saturated heterocycles. The Kier molecular flexibility index (Phi) is 5.03. The van der Waals surface area contributed by atoms with Gasteiger partial charge in [-0.3, -0.25) is 9.59 Å². The van der Waals surface area contributed by atoms with Crippen molar-refractivity contribution >= 4 is 34.5 Å². The van der Waals surface area contributed by atoms with Crippen molar-refractivity contribution in [3.05, 3.63) is 55.2 Å². The maximum Gasteiger partial charge on any atom is 0.287 e. The Labute approximate surface area is 155 Å². The van der Waals surface area contributed by atoms with E-state index in [1.54, 1.807) is 0 Å². The molecule has 12 heteroatoms. The molecular formula is C15H12ClFN6O4. The van der Waals surface area contributed by atoms with Gasteiger partial charge in [-0.15, -0.1) is 0 Å². The van der Waals surface area contributed by atoms with Crippen LogP contribution in [0.15, 0.2) is 37.4 Å². The summed E-state index contributed by atoms with van der Waals surface area (Å²) in [5.41, 5.74) is 10.1. The van der Waals surface area contributed by atoms with Crippen LogP contribution in [0.3, 0.4) is 0 Å². The van der Waals surface area contributed by atoms with Crippen LogP contribution in [0.5, 0.6) is 5.88 Å². The zero-order valence-electron chi connectivity index (χ0n) is 13.5. The van der Waals surface area contributed by atoms with Gasteiger partial charge in [0.1, 0.15) is 23.8 Å². The second-order valence-electron chi connectivity index (χ2n) is 5.24. The third-order valence-electron chi connectivity index (χ3n) is 3.44. The van der Waals surface area contributed by atoms with Crippen molar-refractivity contribution in [1.29, 1.82) is 0 Å². The Balaban J connectivity index is 1.63. The molecule has 0 fully saturated rings. The molecule has 0 spiro atoms. The summed E-state index contributed by atoms with van der Waals surface area (Å²) in [7, 11) is 0. The van der Waals surface area contributed by atoms with E-state index in [-0.39, 0.29) is 47.0 Å². The SMILES string of the molecule is NC(=Nc1ccc(F)c(Cl)c1)c1nonc1OCCNc1c(N)c(=O)c1=O. The summed E-state index contributed by atoms with van der Waals surface area (Å²) in [5, 5.41) is 9.74. The first-order chi connectivity index (χ1) is 12.9. The van der Waals surface area contributed by atoms with E-state index >= 15 is 0 Å². The molecule has 3 aromatic rings. The second kappa shape index (κ2) is 7.41. The van der Waals surface area contributed by atoms with Crippen molar-refractivity contribution in [3.63, 3.8) is 0 Å². The van der Waals surface area contributed by atoms with Gasteiger partial charge in [-0.25, -0.2) is 14.0 Å². The van der Waals surface area contributed by atoms with Gasteiger partial charge in [0.25, 0.3) is 16.7 Å². The topological polar surface area (TPSA) is 159 Å². The number of hydrogen-bond acceptors (Lipinski definition) is 9. The van der Waals surface area contributed by atoms with E-state index in [0.717, 1.165) is 6.07 Å². The van der Waals surface area contributed by atoms with Crippen molar-refractivity contribution in [2.24, 2.45) is 10.7 Å². The smallest absolute Gasteiger partial charge is 0.287 e. The third kappa shape index (κ3) is 3.72. The van der Waals surface area contributed by atoms with Crippen LogP contribution < -0.4 is 32.4 Å². The first kappa shape index (κ1) is 18.3. The van der Waals surface area contributed by atoms with Crippen LogP contribution in [0.4, 0.5) is 21.5 Å². The van der Waals surface area contributed by atoms with Crippen molar-refractivity contribution in [1.82, 2.24) is 10.3 Å². The third-order valence-corrected chi connectivity index (χ3v) is 3.73. The molecule has 0 amide bonds. The highest BCUT2D eigenvalue weighted by atomic mass is 35.5. The number of amidine groups is 1. The lowest BCUT2D eigenvalue weighted by Crippen LogP contribution is -2.37. The van der Waals surface area contributed by atoms with Gasteiger partial charge in [0.05, 0.1) is 10.7 Å². The summed E-state index contributed by atoms with van der Waals surface area (Å²) >= 11 is 5.69. The van der Waals surface area contributed by atoms with Gasteiger partial charge in [0.2, 0.25) is 5.69 Å². The number of nitrogens with one attached hydrogen (secondary N) is 1. The van der Waals surface area contributed by atoms with E-state index in [1.807, 2.05) is 0 Å². The first-order valence-corrected chi connectivity index (χ1v) is 7.84. The average Bonchev–Trinajstić information content (AvgIpc) is 3.12. The predicted molar refractivity (Wildman–Crippen MR) is 95.8 cm³/mol. The number of rotatable bonds is 7. The maximum absolute atomic E-state index is 13.2. The standard InChI is InChI=1S/C15H12ClFN6O4/c16-7-5-6(1-2-8(7)17)21-14(19)11-15(23-27-22-11)26-4-3-20-10-9(18)12(24)13(10)25/h1-2,5,20H,3-4,18H2,(H2,19,21). The minimum atomic E-state index is -0.716. The molecule has 3 rings (SSSR count). The van der Waals surface area contributed by atoms with Crippen LogP contribution in [0, 0.1) is 5.82 Å². The number of halogens is 2. The number of ether oxygens (including phenoxy) is 1. The van der Waals surface area contributed by atoms with E-state index in [0.29, 0.717) is 5.69 Å². The summed E-state index contributed by atoms with van der Waals surface area (Å²) in [6, 6.07) is 3.81. The number of nitrogen functional groups attached to an aromatic ring is 1. The van der Waals surface area contributed by atoms with Gasteiger partial charge >= 0.3 is 0 Å². The van der Waals surface area contributed by atoms with E-state index in [1.165, 1.54) is 12.1 Å². The number of hydrogen-bond donors (Lipinski definition) is 3. The lowest BCUT2D eigenvalue weighted by atomic mass is 10.2. The average molecular weight is 395 g/mol. The zero-order chi connectivity index (χ0) is 19.6. The zero-order valence-corrected chi connectivity index (χ0v) is 14.3. The lowest BCUT2D eigenvalue weighted by molar-refractivity contribution is 0.261. The molecule has 0 aliphatic heterocycles. The quantitative estimate of drug-likeness (QED) is 0.225. The second-order valence-corrected chi connectivity index (χ2v) is 5.64. The molecule has 0 bridgehead atoms. The van der Waals surface area contributed by atoms with Crippen molar-refractivity contribution in [2.75, 3.05) is 24.2 Å². The van der Waals surface area contributed by atoms with Crippen LogP contribution in [-0.4, -0.2) is 29.3 Å². The number of benzene rings is 1. The van der Waals surface area contributed by atoms with Gasteiger partial charge in [-0.1, -0.05) is 11.6 Å². The van der Waals surface area contributed by atoms with Gasteiger partial charge in [-0.2, -0.15) is 0 Å². The number of aliphatic imine (C=N–C) groups is 1. The minimum absolute atomic E-state index is 0.0316. The lowest BCUT2D eigenvalue weighted by Gasteiger charge is -2.09. The molecule has 5 N–H and O–H groups in total. The molecule has 0 unspecified atom stereocenters. The van der Waals surface area contributed by atoms with Crippen molar-refractivity contribution < 1.29 is 13.8 Å². The molecular weight excluding hydrogens is 383 g/mol. The van der Waals surface area contributed by atoms with Crippen LogP contribution in [0.2, 0.25) is 5.02 Å². The van der Waals surface area contributed by atoms with Gasteiger partial charge in [-0.05, 0) is 28.5 Å². The number of nitrogens with zero attached hydrogens (tertiary/aromatic N) is 3. The van der Waals surface area contributed by atoms with E-state index < -0.39 is 16.7 Å². The fourth-order valence-corrected chi connectivity index (χ4v) is 2.26. The van der Waals surface area contributed by atoms with Crippen LogP contribution in [0.25, 0.3) is 0 Å². The number of aromatic nitrogens is 2. The van der Waals surface area contributed by atoms with E-state index in [9.17, 15) is 14.0 Å². The summed E-state index contributed by atoms with van der Waals surface area (Å²) in [6.07, 6.45) is 0. The summed E-state index contributed by atoms with van der Waals surface area (Å²) in [5.74, 6) is -0.714. The molecule has 0 radical (unpaired) electrons. The highest BCUT2D eigenvalue weighted by Crippen LogP contribution is 2.22. The van der Waals surface area contributed by atoms with Gasteiger partial charge < -0.3 is 21.5 Å². The molecule has 0 atom stereocenters. The van der Waals surface area contributed by atoms with Gasteiger partial charge in [0.15, 0.2) is 5.84 Å². The molecule has 140 valence electrons. The Morgan fingerprint density at radius 2 is 2.11 bits per heavy atom. The van der Waals surface area contributed by atoms with Crippen LogP contribution >= 0.6 is 11.6 Å². The normalized spacial score (nSPS) is 11.7. The minimum Gasteiger partial charge on any atom is -0.472 e. The first-order valence-electron chi connectivity index (χ1n) is 7.46. The summed E-state index contributed by atoms with van der Waals surface area (Å²) in [6.45, 7) is 0.196. The molecule has 10 nitrogen and oxygen atoms in total. The Morgan fingerprint density at radius 1 is 1.33 bits per heavy atom. The Morgan fingerprint density at radius 3 is 2.81 bits per heavy atom. The molecule has 1 aromatic heterocycles. The summed E-state index contributed by atoms with van der Waals surface area (Å²) < 4.78 is 23.1. The monoisotopic (exact) mass is 394 g/mol. The van der Waals surface area contributed by atoms with Crippen molar-refractivity contribution in [3.8, 4) is 5.88 Å². The van der Waals surface area contributed by atoms with Crippen molar-refractivity contribution in [2.45, 2.75) is 0 Å². The molecule has 2 aromatic carbocycles. The number of anilines is 2. The van der Waals surface area contributed by atoms with Gasteiger partial charge in [0, 0.05) is 6.54 Å². The number of nitrogens with two attached hydrogens (primary N) is 2. The fraction of sp³-hybridized carbons (Fsp3) is 0.133. The Bertz CT molecular complexity index is 1090. The highest BCUT2D eigenvalue weighted by Gasteiger charge is 2.18. The van der Waals surface area contributed by atoms with E-state index in [2.05, 4.69) is 25.3 Å². The fourth-order valence-electron chi connectivity index (χ4n) is 2.09. The largest absolute Gasteiger partial charge is 0.472 e.